The average Bonchev–Trinajstić information content (AvgIpc) is 2.70. The smallest absolute Gasteiger partial charge is 0.338 e. The van der Waals surface area contributed by atoms with Gasteiger partial charge in [-0.1, -0.05) is 11.6 Å². The van der Waals surface area contributed by atoms with Gasteiger partial charge in [0.25, 0.3) is 0 Å². The number of hydrogen-bond donors (Lipinski definition) is 1. The van der Waals surface area contributed by atoms with Crippen molar-refractivity contribution in [2.45, 2.75) is 11.5 Å². The molecule has 29 heavy (non-hydrogen) atoms. The number of rotatable bonds is 6. The summed E-state index contributed by atoms with van der Waals surface area (Å²) in [6.07, 6.45) is 0. The minimum Gasteiger partial charge on any atom is -0.497 e. The summed E-state index contributed by atoms with van der Waals surface area (Å²) in [5, 5.41) is 6.14. The van der Waals surface area contributed by atoms with E-state index in [2.05, 4.69) is 4.98 Å². The number of primary sulfonamides is 1. The largest absolute Gasteiger partial charge is 0.497 e. The van der Waals surface area contributed by atoms with E-state index in [0.717, 1.165) is 11.5 Å². The minimum atomic E-state index is -4.08. The van der Waals surface area contributed by atoms with Gasteiger partial charge in [-0.25, -0.2) is 23.3 Å². The van der Waals surface area contributed by atoms with Crippen LogP contribution in [0.15, 0.2) is 47.4 Å². The number of hydrogen-bond acceptors (Lipinski definition) is 7. The van der Waals surface area contributed by atoms with E-state index in [0.29, 0.717) is 16.8 Å². The van der Waals surface area contributed by atoms with Crippen molar-refractivity contribution in [2.75, 3.05) is 14.2 Å². The van der Waals surface area contributed by atoms with Gasteiger partial charge >= 0.3 is 5.97 Å². The first-order valence-corrected chi connectivity index (χ1v) is 10.2. The number of methoxy groups -OCH3 is 2. The molecule has 0 spiro atoms. The molecule has 0 radical (unpaired) electrons. The molecule has 0 amide bonds. The topological polar surface area (TPSA) is 118 Å². The van der Waals surface area contributed by atoms with E-state index < -0.39 is 16.0 Å². The monoisotopic (exact) mass is 436 g/mol. The highest BCUT2D eigenvalue weighted by molar-refractivity contribution is 7.89. The number of nitrogens with two attached hydrogens (primary N) is 1. The fourth-order valence-corrected chi connectivity index (χ4v) is 3.57. The number of ether oxygens (including phenoxy) is 3. The lowest BCUT2D eigenvalue weighted by molar-refractivity contribution is 0.0472. The fraction of sp³-hybridized carbons (Fsp3) is 0.158. The third kappa shape index (κ3) is 4.58. The van der Waals surface area contributed by atoms with Gasteiger partial charge in [-0.05, 0) is 36.4 Å². The van der Waals surface area contributed by atoms with Gasteiger partial charge in [0.1, 0.15) is 28.2 Å². The van der Waals surface area contributed by atoms with Crippen LogP contribution in [0.2, 0.25) is 5.15 Å². The van der Waals surface area contributed by atoms with Crippen LogP contribution < -0.4 is 14.6 Å². The van der Waals surface area contributed by atoms with Crippen molar-refractivity contribution >= 4 is 38.5 Å². The van der Waals surface area contributed by atoms with E-state index in [4.69, 9.17) is 31.0 Å². The number of sulfonamides is 1. The summed E-state index contributed by atoms with van der Waals surface area (Å²) in [7, 11) is -1.23. The van der Waals surface area contributed by atoms with Crippen molar-refractivity contribution in [3.63, 3.8) is 0 Å². The maximum atomic E-state index is 12.4. The number of benzene rings is 2. The normalized spacial score (nSPS) is 11.3. The summed E-state index contributed by atoms with van der Waals surface area (Å²) in [6, 6.07) is 10.9. The minimum absolute atomic E-state index is 0.00410. The van der Waals surface area contributed by atoms with Gasteiger partial charge in [0, 0.05) is 17.0 Å². The molecule has 152 valence electrons. The molecule has 2 aromatic carbocycles. The number of carbonyl (C=O) groups is 1. The number of aromatic nitrogens is 1. The van der Waals surface area contributed by atoms with Crippen molar-refractivity contribution in [3.05, 3.63) is 58.7 Å². The van der Waals surface area contributed by atoms with Gasteiger partial charge in [0.05, 0.1) is 25.3 Å². The van der Waals surface area contributed by atoms with Crippen LogP contribution >= 0.6 is 11.6 Å². The second-order valence-electron chi connectivity index (χ2n) is 5.98. The Kier molecular flexibility index (Phi) is 5.92. The first-order valence-electron chi connectivity index (χ1n) is 8.24. The lowest BCUT2D eigenvalue weighted by Crippen LogP contribution is -2.15. The molecule has 0 bridgehead atoms. The van der Waals surface area contributed by atoms with E-state index in [9.17, 15) is 13.2 Å². The summed E-state index contributed by atoms with van der Waals surface area (Å²) in [6.45, 7) is -0.149. The molecule has 3 rings (SSSR count). The van der Waals surface area contributed by atoms with Crippen molar-refractivity contribution in [2.24, 2.45) is 5.14 Å². The molecule has 0 aliphatic rings. The van der Waals surface area contributed by atoms with Crippen molar-refractivity contribution < 1.29 is 27.4 Å². The van der Waals surface area contributed by atoms with E-state index in [1.807, 2.05) is 6.07 Å². The van der Waals surface area contributed by atoms with Crippen LogP contribution in [0.1, 0.15) is 15.9 Å². The SMILES string of the molecule is COc1ccc2cc(COC(=O)c3ccc(OC)c(S(N)(=O)=O)c3)c(Cl)nc2c1. The fourth-order valence-electron chi connectivity index (χ4n) is 2.65. The first-order chi connectivity index (χ1) is 13.7. The molecule has 2 N–H and O–H groups in total. The molecule has 0 aliphatic heterocycles. The molecule has 0 saturated carbocycles. The quantitative estimate of drug-likeness (QED) is 0.466. The van der Waals surface area contributed by atoms with Gasteiger partial charge in [-0.3, -0.25) is 0 Å². The molecule has 3 aromatic rings. The first kappa shape index (κ1) is 20.8. The van der Waals surface area contributed by atoms with Crippen LogP contribution in [0.4, 0.5) is 0 Å². The van der Waals surface area contributed by atoms with Gasteiger partial charge in [0.2, 0.25) is 10.0 Å². The van der Waals surface area contributed by atoms with Crippen LogP contribution in [0.25, 0.3) is 10.9 Å². The highest BCUT2D eigenvalue weighted by Gasteiger charge is 2.19. The molecule has 0 aliphatic carbocycles. The zero-order valence-corrected chi connectivity index (χ0v) is 17.1. The molecule has 1 aromatic heterocycles. The van der Waals surface area contributed by atoms with Gasteiger partial charge < -0.3 is 14.2 Å². The van der Waals surface area contributed by atoms with Crippen LogP contribution in [-0.4, -0.2) is 33.6 Å². The van der Waals surface area contributed by atoms with Gasteiger partial charge in [0.15, 0.2) is 0 Å². The predicted octanol–water partition coefficient (Wildman–Crippen LogP) is 2.91. The maximum Gasteiger partial charge on any atom is 0.338 e. The van der Waals surface area contributed by atoms with E-state index in [-0.39, 0.29) is 28.0 Å². The van der Waals surface area contributed by atoms with Crippen LogP contribution in [0.3, 0.4) is 0 Å². The Morgan fingerprint density at radius 1 is 1.10 bits per heavy atom. The second-order valence-corrected chi connectivity index (χ2v) is 7.87. The standard InChI is InChI=1S/C19H17ClN2O6S/c1-26-14-5-3-11-7-13(18(20)22-15(11)9-14)10-28-19(23)12-4-6-16(27-2)17(8-12)29(21,24)25/h3-9H,10H2,1-2H3,(H2,21,24,25). The summed E-state index contributed by atoms with van der Waals surface area (Å²) in [5.41, 5.74) is 1.14. The summed E-state index contributed by atoms with van der Waals surface area (Å²) >= 11 is 6.20. The van der Waals surface area contributed by atoms with Gasteiger partial charge in [-0.15, -0.1) is 0 Å². The molecule has 0 fully saturated rings. The summed E-state index contributed by atoms with van der Waals surface area (Å²) in [5.74, 6) is -0.0740. The lowest BCUT2D eigenvalue weighted by Gasteiger charge is -2.10. The number of pyridine rings is 1. The van der Waals surface area contributed by atoms with Crippen molar-refractivity contribution in [1.29, 1.82) is 0 Å². The van der Waals surface area contributed by atoms with Crippen molar-refractivity contribution in [3.8, 4) is 11.5 Å². The molecular formula is C19H17ClN2O6S. The third-order valence-corrected chi connectivity index (χ3v) is 5.37. The number of nitrogens with zero attached hydrogens (tertiary/aromatic N) is 1. The Morgan fingerprint density at radius 3 is 2.52 bits per heavy atom. The van der Waals surface area contributed by atoms with Crippen molar-refractivity contribution in [1.82, 2.24) is 4.98 Å². The number of fused-ring (bicyclic) bond motifs is 1. The Bertz CT molecular complexity index is 1200. The average molecular weight is 437 g/mol. The highest BCUT2D eigenvalue weighted by atomic mass is 35.5. The van der Waals surface area contributed by atoms with Gasteiger partial charge in [-0.2, -0.15) is 0 Å². The second kappa shape index (κ2) is 8.24. The molecule has 8 nitrogen and oxygen atoms in total. The van der Waals surface area contributed by atoms with E-state index >= 15 is 0 Å². The molecule has 0 saturated heterocycles. The summed E-state index contributed by atoms with van der Waals surface area (Å²) < 4.78 is 38.8. The Balaban J connectivity index is 1.83. The Morgan fingerprint density at radius 2 is 1.86 bits per heavy atom. The zero-order chi connectivity index (χ0) is 21.2. The molecule has 1 heterocycles. The maximum absolute atomic E-state index is 12.4. The van der Waals surface area contributed by atoms with Crippen LogP contribution in [-0.2, 0) is 21.4 Å². The Labute approximate surface area is 172 Å². The molecule has 10 heteroatoms. The number of carbonyl (C=O) groups excluding carboxylic acids is 1. The highest BCUT2D eigenvalue weighted by Crippen LogP contribution is 2.26. The number of halogens is 1. The molecule has 0 unspecified atom stereocenters. The number of esters is 1. The lowest BCUT2D eigenvalue weighted by atomic mass is 10.1. The van der Waals surface area contributed by atoms with E-state index in [1.54, 1.807) is 25.3 Å². The molecule has 0 atom stereocenters. The van der Waals surface area contributed by atoms with E-state index in [1.165, 1.54) is 19.2 Å². The predicted molar refractivity (Wildman–Crippen MR) is 107 cm³/mol. The Hall–Kier alpha value is -2.88. The molecular weight excluding hydrogens is 420 g/mol. The van der Waals surface area contributed by atoms with Crippen LogP contribution in [0.5, 0.6) is 11.5 Å². The summed E-state index contributed by atoms with van der Waals surface area (Å²) in [4.78, 5) is 16.4. The van der Waals surface area contributed by atoms with Crippen LogP contribution in [0, 0.1) is 0 Å². The third-order valence-electron chi connectivity index (χ3n) is 4.12. The zero-order valence-electron chi connectivity index (χ0n) is 15.5.